The number of nitrogens with one attached hydrogen (secondary N) is 1. The van der Waals surface area contributed by atoms with Crippen molar-refractivity contribution in [2.45, 2.75) is 38.8 Å². The van der Waals surface area contributed by atoms with Crippen LogP contribution in [0.5, 0.6) is 5.75 Å². The third kappa shape index (κ3) is 3.79. The van der Waals surface area contributed by atoms with E-state index >= 15 is 0 Å². The third-order valence-corrected chi connectivity index (χ3v) is 6.71. The van der Waals surface area contributed by atoms with E-state index in [9.17, 15) is 0 Å². The number of rotatable bonds is 7. The zero-order chi connectivity index (χ0) is 23.1. The van der Waals surface area contributed by atoms with Crippen LogP contribution in [0.1, 0.15) is 43.9 Å². The fourth-order valence-corrected chi connectivity index (χ4v) is 4.46. The molecule has 0 spiro atoms. The number of fused-ring (bicyclic) bond motifs is 1. The number of methoxy groups -OCH3 is 1. The summed E-state index contributed by atoms with van der Waals surface area (Å²) in [5.74, 6) is 0.949. The van der Waals surface area contributed by atoms with E-state index in [4.69, 9.17) is 14.6 Å². The molecule has 1 N–H and O–H groups in total. The highest BCUT2D eigenvalue weighted by Crippen LogP contribution is 2.37. The largest absolute Gasteiger partial charge is 0.493 e. The number of hydrogen-bond acceptors (Lipinski definition) is 6. The molecule has 1 atom stereocenters. The fraction of sp³-hybridized carbons (Fsp3) is 0.400. The summed E-state index contributed by atoms with van der Waals surface area (Å²) in [6, 6.07) is 11.6. The number of aromatic nitrogens is 5. The Labute approximate surface area is 193 Å². The third-order valence-electron chi connectivity index (χ3n) is 6.71. The summed E-state index contributed by atoms with van der Waals surface area (Å²) in [6.07, 6.45) is 3.49. The summed E-state index contributed by atoms with van der Waals surface area (Å²) in [7, 11) is 3.82. The van der Waals surface area contributed by atoms with Crippen LogP contribution in [-0.2, 0) is 4.74 Å². The van der Waals surface area contributed by atoms with Crippen molar-refractivity contribution in [2.24, 2.45) is 0 Å². The SMILES string of the molecule is COc1cc(-c2[nH]nc(-c3ccc(C(C)N(C)C4COC4)cc3)c2C(C)C)cn2ncnc12. The van der Waals surface area contributed by atoms with Crippen molar-refractivity contribution in [3.8, 4) is 28.3 Å². The maximum atomic E-state index is 5.55. The van der Waals surface area contributed by atoms with Crippen molar-refractivity contribution in [2.75, 3.05) is 27.4 Å². The van der Waals surface area contributed by atoms with Gasteiger partial charge in [0.15, 0.2) is 11.4 Å². The van der Waals surface area contributed by atoms with Gasteiger partial charge in [0.2, 0.25) is 0 Å². The number of ether oxygens (including phenoxy) is 2. The molecule has 0 saturated carbocycles. The molecule has 1 unspecified atom stereocenters. The average Bonchev–Trinajstić information content (AvgIpc) is 3.44. The molecule has 1 aliphatic rings. The predicted octanol–water partition coefficient (Wildman–Crippen LogP) is 4.31. The molecule has 1 saturated heterocycles. The number of benzene rings is 1. The summed E-state index contributed by atoms with van der Waals surface area (Å²) in [5, 5.41) is 12.3. The van der Waals surface area contributed by atoms with Gasteiger partial charge in [-0.25, -0.2) is 9.50 Å². The van der Waals surface area contributed by atoms with E-state index in [2.05, 4.69) is 72.2 Å². The number of nitrogens with zero attached hydrogens (tertiary/aromatic N) is 5. The second kappa shape index (κ2) is 8.61. The molecule has 33 heavy (non-hydrogen) atoms. The van der Waals surface area contributed by atoms with Crippen LogP contribution in [0, 0.1) is 0 Å². The van der Waals surface area contributed by atoms with Gasteiger partial charge in [-0.05, 0) is 31.5 Å². The number of likely N-dealkylation sites (N-methyl/N-ethyl adjacent to an activating group) is 1. The van der Waals surface area contributed by atoms with Crippen LogP contribution in [0.2, 0.25) is 0 Å². The number of hydrogen-bond donors (Lipinski definition) is 1. The summed E-state index contributed by atoms with van der Waals surface area (Å²) >= 11 is 0. The van der Waals surface area contributed by atoms with Crippen LogP contribution in [-0.4, -0.2) is 63.1 Å². The molecule has 0 amide bonds. The van der Waals surface area contributed by atoms with Crippen LogP contribution >= 0.6 is 0 Å². The Kier molecular flexibility index (Phi) is 5.64. The van der Waals surface area contributed by atoms with Gasteiger partial charge < -0.3 is 9.47 Å². The molecule has 0 aliphatic carbocycles. The fourth-order valence-electron chi connectivity index (χ4n) is 4.46. The van der Waals surface area contributed by atoms with E-state index in [1.54, 1.807) is 11.6 Å². The Hall–Kier alpha value is -3.23. The molecule has 0 bridgehead atoms. The summed E-state index contributed by atoms with van der Waals surface area (Å²) in [6.45, 7) is 8.26. The van der Waals surface area contributed by atoms with Gasteiger partial charge >= 0.3 is 0 Å². The Bertz CT molecular complexity index is 1260. The molecule has 4 heterocycles. The second-order valence-corrected chi connectivity index (χ2v) is 9.00. The number of H-pyrrole nitrogens is 1. The van der Waals surface area contributed by atoms with Gasteiger partial charge in [-0.3, -0.25) is 10.00 Å². The van der Waals surface area contributed by atoms with Crippen molar-refractivity contribution in [3.05, 3.63) is 54.0 Å². The smallest absolute Gasteiger partial charge is 0.197 e. The molecule has 1 fully saturated rings. The maximum absolute atomic E-state index is 5.55. The molecule has 3 aromatic heterocycles. The highest BCUT2D eigenvalue weighted by Gasteiger charge is 2.27. The van der Waals surface area contributed by atoms with E-state index in [-0.39, 0.29) is 5.92 Å². The van der Waals surface area contributed by atoms with Crippen molar-refractivity contribution in [1.29, 1.82) is 0 Å². The molecule has 0 radical (unpaired) electrons. The van der Waals surface area contributed by atoms with E-state index in [0.29, 0.717) is 23.5 Å². The first-order valence-electron chi connectivity index (χ1n) is 11.3. The lowest BCUT2D eigenvalue weighted by Crippen LogP contribution is -2.47. The van der Waals surface area contributed by atoms with Gasteiger partial charge in [-0.2, -0.15) is 10.2 Å². The molecule has 1 aromatic carbocycles. The van der Waals surface area contributed by atoms with E-state index in [1.165, 1.54) is 17.5 Å². The van der Waals surface area contributed by atoms with Crippen molar-refractivity contribution >= 4 is 5.65 Å². The summed E-state index contributed by atoms with van der Waals surface area (Å²) in [5.41, 5.74) is 7.14. The summed E-state index contributed by atoms with van der Waals surface area (Å²) < 4.78 is 12.6. The number of pyridine rings is 1. The molecular weight excluding hydrogens is 416 g/mol. The zero-order valence-corrected chi connectivity index (χ0v) is 19.7. The average molecular weight is 447 g/mol. The first-order valence-corrected chi connectivity index (χ1v) is 11.3. The molecule has 1 aliphatic heterocycles. The minimum absolute atomic E-state index is 0.273. The Morgan fingerprint density at radius 3 is 2.55 bits per heavy atom. The highest BCUT2D eigenvalue weighted by atomic mass is 16.5. The van der Waals surface area contributed by atoms with Crippen molar-refractivity contribution < 1.29 is 9.47 Å². The molecule has 8 heteroatoms. The van der Waals surface area contributed by atoms with Gasteiger partial charge in [-0.15, -0.1) is 0 Å². The van der Waals surface area contributed by atoms with Gasteiger partial charge in [0.1, 0.15) is 6.33 Å². The van der Waals surface area contributed by atoms with E-state index in [1.807, 2.05) is 12.3 Å². The van der Waals surface area contributed by atoms with Crippen LogP contribution in [0.25, 0.3) is 28.2 Å². The van der Waals surface area contributed by atoms with E-state index in [0.717, 1.165) is 35.7 Å². The van der Waals surface area contributed by atoms with Crippen molar-refractivity contribution in [1.82, 2.24) is 29.7 Å². The zero-order valence-electron chi connectivity index (χ0n) is 19.7. The maximum Gasteiger partial charge on any atom is 0.197 e. The lowest BCUT2D eigenvalue weighted by molar-refractivity contribution is -0.0677. The molecule has 8 nitrogen and oxygen atoms in total. The molecular formula is C25H30N6O2. The minimum Gasteiger partial charge on any atom is -0.493 e. The first kappa shape index (κ1) is 21.6. The number of aromatic amines is 1. The lowest BCUT2D eigenvalue weighted by atomic mass is 9.93. The van der Waals surface area contributed by atoms with Crippen LogP contribution in [0.3, 0.4) is 0 Å². The van der Waals surface area contributed by atoms with Crippen LogP contribution in [0.4, 0.5) is 0 Å². The Morgan fingerprint density at radius 1 is 1.15 bits per heavy atom. The minimum atomic E-state index is 0.273. The summed E-state index contributed by atoms with van der Waals surface area (Å²) in [4.78, 5) is 6.67. The van der Waals surface area contributed by atoms with Gasteiger partial charge in [0.05, 0.1) is 37.8 Å². The lowest BCUT2D eigenvalue weighted by Gasteiger charge is -2.38. The molecule has 5 rings (SSSR count). The Balaban J connectivity index is 1.50. The van der Waals surface area contributed by atoms with Gasteiger partial charge in [0.25, 0.3) is 0 Å². The van der Waals surface area contributed by atoms with Gasteiger partial charge in [-0.1, -0.05) is 38.1 Å². The first-order chi connectivity index (χ1) is 16.0. The Morgan fingerprint density at radius 2 is 1.91 bits per heavy atom. The van der Waals surface area contributed by atoms with Crippen molar-refractivity contribution in [3.63, 3.8) is 0 Å². The quantitative estimate of drug-likeness (QED) is 0.456. The highest BCUT2D eigenvalue weighted by molar-refractivity contribution is 5.76. The standard InChI is InChI=1S/C25H30N6O2/c1-15(2)22-23(18-8-6-17(7-9-18)16(3)30(4)20-12-33-13-20)28-29-24(22)19-10-21(32-5)25-26-14-27-31(25)11-19/h6-11,14-16,20H,12-13H2,1-5H3,(H,28,29). The van der Waals surface area contributed by atoms with Crippen LogP contribution in [0.15, 0.2) is 42.9 Å². The van der Waals surface area contributed by atoms with E-state index < -0.39 is 0 Å². The van der Waals surface area contributed by atoms with Gasteiger partial charge in [0, 0.05) is 28.9 Å². The topological polar surface area (TPSA) is 80.6 Å². The molecule has 172 valence electrons. The molecule has 4 aromatic rings. The normalized spacial score (nSPS) is 15.4. The van der Waals surface area contributed by atoms with Crippen LogP contribution < -0.4 is 4.74 Å². The monoisotopic (exact) mass is 446 g/mol. The second-order valence-electron chi connectivity index (χ2n) is 9.00. The predicted molar refractivity (Wildman–Crippen MR) is 127 cm³/mol.